The molecule has 1 saturated heterocycles. The molecular formula is C16H23ClN2O. The van der Waals surface area contributed by atoms with Gasteiger partial charge in [-0.3, -0.25) is 4.79 Å². The number of halogens is 1. The summed E-state index contributed by atoms with van der Waals surface area (Å²) in [6.45, 7) is 2.37. The number of fused-ring (bicyclic) bond motifs is 1. The molecule has 3 nitrogen and oxygen atoms in total. The monoisotopic (exact) mass is 294 g/mol. The van der Waals surface area contributed by atoms with E-state index in [0.717, 1.165) is 31.5 Å². The van der Waals surface area contributed by atoms with Crippen LogP contribution in [0.5, 0.6) is 0 Å². The zero-order valence-electron chi connectivity index (χ0n) is 11.8. The first-order valence-corrected chi connectivity index (χ1v) is 7.39. The molecule has 1 aliphatic heterocycles. The number of hydrogen-bond donors (Lipinski definition) is 1. The van der Waals surface area contributed by atoms with Crippen LogP contribution in [0.2, 0.25) is 0 Å². The van der Waals surface area contributed by atoms with Crippen LogP contribution in [-0.2, 0) is 12.8 Å². The van der Waals surface area contributed by atoms with Gasteiger partial charge in [-0.15, -0.1) is 12.4 Å². The molecule has 1 unspecified atom stereocenters. The first-order chi connectivity index (χ1) is 9.28. The molecule has 4 heteroatoms. The number of aryl methyl sites for hydroxylation is 2. The standard InChI is InChI=1S/C16H22N2O.ClH/c17-10-12-7-8-18(11-12)16(19)15-6-5-13-3-1-2-4-14(13)9-15;/h5-6,9,12H,1-4,7-8,10-11,17H2;1H. The molecular weight excluding hydrogens is 272 g/mol. The maximum atomic E-state index is 12.5. The molecule has 0 saturated carbocycles. The highest BCUT2D eigenvalue weighted by Crippen LogP contribution is 2.24. The fourth-order valence-corrected chi connectivity index (χ4v) is 3.26. The summed E-state index contributed by atoms with van der Waals surface area (Å²) in [7, 11) is 0. The molecule has 2 aliphatic rings. The lowest BCUT2D eigenvalue weighted by Gasteiger charge is -2.19. The zero-order valence-corrected chi connectivity index (χ0v) is 12.6. The predicted molar refractivity (Wildman–Crippen MR) is 83.4 cm³/mol. The van der Waals surface area contributed by atoms with Gasteiger partial charge in [-0.25, -0.2) is 0 Å². The largest absolute Gasteiger partial charge is 0.338 e. The lowest BCUT2D eigenvalue weighted by atomic mass is 9.90. The third kappa shape index (κ3) is 2.99. The highest BCUT2D eigenvalue weighted by molar-refractivity contribution is 5.94. The number of nitrogens with two attached hydrogens (primary N) is 1. The number of rotatable bonds is 2. The Balaban J connectivity index is 0.00000147. The molecule has 1 aliphatic carbocycles. The van der Waals surface area contributed by atoms with Crippen molar-refractivity contribution in [3.05, 3.63) is 34.9 Å². The normalized spacial score (nSPS) is 21.2. The Hall–Kier alpha value is -1.06. The molecule has 1 atom stereocenters. The Morgan fingerprint density at radius 3 is 2.70 bits per heavy atom. The van der Waals surface area contributed by atoms with Crippen LogP contribution in [0.25, 0.3) is 0 Å². The second-order valence-electron chi connectivity index (χ2n) is 5.83. The van der Waals surface area contributed by atoms with Gasteiger partial charge in [0.15, 0.2) is 0 Å². The van der Waals surface area contributed by atoms with Crippen molar-refractivity contribution in [3.63, 3.8) is 0 Å². The molecule has 1 heterocycles. The second-order valence-corrected chi connectivity index (χ2v) is 5.83. The number of nitrogens with zero attached hydrogens (tertiary/aromatic N) is 1. The lowest BCUT2D eigenvalue weighted by molar-refractivity contribution is 0.0787. The molecule has 1 fully saturated rings. The minimum Gasteiger partial charge on any atom is -0.338 e. The average molecular weight is 295 g/mol. The second kappa shape index (κ2) is 6.59. The number of carbonyl (C=O) groups excluding carboxylic acids is 1. The van der Waals surface area contributed by atoms with E-state index in [0.29, 0.717) is 12.5 Å². The van der Waals surface area contributed by atoms with E-state index in [2.05, 4.69) is 12.1 Å². The summed E-state index contributed by atoms with van der Waals surface area (Å²) in [5, 5.41) is 0. The van der Waals surface area contributed by atoms with Gasteiger partial charge in [0.05, 0.1) is 0 Å². The van der Waals surface area contributed by atoms with Crippen LogP contribution >= 0.6 is 12.4 Å². The number of amides is 1. The van der Waals surface area contributed by atoms with Crippen LogP contribution in [0.3, 0.4) is 0 Å². The van der Waals surface area contributed by atoms with E-state index in [-0.39, 0.29) is 18.3 Å². The molecule has 1 amide bonds. The van der Waals surface area contributed by atoms with Gasteiger partial charge in [0.1, 0.15) is 0 Å². The van der Waals surface area contributed by atoms with Crippen LogP contribution in [0.4, 0.5) is 0 Å². The van der Waals surface area contributed by atoms with Crippen molar-refractivity contribution in [2.24, 2.45) is 11.7 Å². The lowest BCUT2D eigenvalue weighted by Crippen LogP contribution is -2.30. The number of benzene rings is 1. The van der Waals surface area contributed by atoms with Gasteiger partial charge in [-0.2, -0.15) is 0 Å². The minimum atomic E-state index is 0. The summed E-state index contributed by atoms with van der Waals surface area (Å²) >= 11 is 0. The maximum Gasteiger partial charge on any atom is 0.253 e. The van der Waals surface area contributed by atoms with Crippen molar-refractivity contribution < 1.29 is 4.79 Å². The fraction of sp³-hybridized carbons (Fsp3) is 0.562. The third-order valence-corrected chi connectivity index (χ3v) is 4.50. The summed E-state index contributed by atoms with van der Waals surface area (Å²) in [6.07, 6.45) is 5.88. The summed E-state index contributed by atoms with van der Waals surface area (Å²) in [5.74, 6) is 0.672. The Morgan fingerprint density at radius 1 is 1.25 bits per heavy atom. The molecule has 2 N–H and O–H groups in total. The summed E-state index contributed by atoms with van der Waals surface area (Å²) in [6, 6.07) is 6.27. The van der Waals surface area contributed by atoms with E-state index in [4.69, 9.17) is 5.73 Å². The Labute approximate surface area is 126 Å². The van der Waals surface area contributed by atoms with E-state index < -0.39 is 0 Å². The first kappa shape index (κ1) is 15.3. The van der Waals surface area contributed by atoms with Crippen molar-refractivity contribution in [2.75, 3.05) is 19.6 Å². The van der Waals surface area contributed by atoms with Crippen molar-refractivity contribution in [1.29, 1.82) is 0 Å². The van der Waals surface area contributed by atoms with Crippen LogP contribution < -0.4 is 5.73 Å². The molecule has 0 aromatic heterocycles. The molecule has 0 bridgehead atoms. The number of likely N-dealkylation sites (tertiary alicyclic amines) is 1. The van der Waals surface area contributed by atoms with Crippen LogP contribution in [-0.4, -0.2) is 30.4 Å². The van der Waals surface area contributed by atoms with Gasteiger partial charge in [0.2, 0.25) is 0 Å². The molecule has 3 rings (SSSR count). The van der Waals surface area contributed by atoms with Crippen molar-refractivity contribution in [2.45, 2.75) is 32.1 Å². The van der Waals surface area contributed by atoms with Gasteiger partial charge < -0.3 is 10.6 Å². The van der Waals surface area contributed by atoms with Crippen molar-refractivity contribution in [1.82, 2.24) is 4.90 Å². The molecule has 1 aromatic carbocycles. The summed E-state index contributed by atoms with van der Waals surface area (Å²) in [5.41, 5.74) is 9.36. The van der Waals surface area contributed by atoms with Crippen LogP contribution in [0.1, 0.15) is 40.7 Å². The highest BCUT2D eigenvalue weighted by Gasteiger charge is 2.26. The summed E-state index contributed by atoms with van der Waals surface area (Å²) < 4.78 is 0. The Bertz CT molecular complexity index is 489. The van der Waals surface area contributed by atoms with Gasteiger partial charge >= 0.3 is 0 Å². The van der Waals surface area contributed by atoms with E-state index in [1.807, 2.05) is 11.0 Å². The van der Waals surface area contributed by atoms with E-state index >= 15 is 0 Å². The maximum absolute atomic E-state index is 12.5. The van der Waals surface area contributed by atoms with Crippen LogP contribution in [0, 0.1) is 5.92 Å². The zero-order chi connectivity index (χ0) is 13.2. The van der Waals surface area contributed by atoms with Gasteiger partial charge in [-0.1, -0.05) is 6.07 Å². The smallest absolute Gasteiger partial charge is 0.253 e. The van der Waals surface area contributed by atoms with Crippen molar-refractivity contribution in [3.8, 4) is 0 Å². The van der Waals surface area contributed by atoms with Gasteiger partial charge in [-0.05, 0) is 67.8 Å². The molecule has 110 valence electrons. The number of hydrogen-bond acceptors (Lipinski definition) is 2. The fourth-order valence-electron chi connectivity index (χ4n) is 3.26. The molecule has 0 radical (unpaired) electrons. The first-order valence-electron chi connectivity index (χ1n) is 7.39. The van der Waals surface area contributed by atoms with E-state index in [1.165, 1.54) is 30.4 Å². The van der Waals surface area contributed by atoms with Crippen LogP contribution in [0.15, 0.2) is 18.2 Å². The molecule has 20 heavy (non-hydrogen) atoms. The van der Waals surface area contributed by atoms with Gasteiger partial charge in [0.25, 0.3) is 5.91 Å². The minimum absolute atomic E-state index is 0. The van der Waals surface area contributed by atoms with Crippen molar-refractivity contribution >= 4 is 18.3 Å². The van der Waals surface area contributed by atoms with E-state index in [1.54, 1.807) is 0 Å². The van der Waals surface area contributed by atoms with Gasteiger partial charge in [0, 0.05) is 18.7 Å². The average Bonchev–Trinajstić information content (AvgIpc) is 2.95. The Morgan fingerprint density at radius 2 is 2.00 bits per heavy atom. The van der Waals surface area contributed by atoms with E-state index in [9.17, 15) is 4.79 Å². The SMILES string of the molecule is Cl.NCC1CCN(C(=O)c2ccc3c(c2)CCCC3)C1. The predicted octanol–water partition coefficient (Wildman–Crippen LogP) is 2.41. The molecule has 1 aromatic rings. The molecule has 0 spiro atoms. The third-order valence-electron chi connectivity index (χ3n) is 4.50. The number of carbonyl (C=O) groups is 1. The quantitative estimate of drug-likeness (QED) is 0.910. The summed E-state index contributed by atoms with van der Waals surface area (Å²) in [4.78, 5) is 14.4. The Kier molecular flexibility index (Phi) is 5.06. The topological polar surface area (TPSA) is 46.3 Å². The highest BCUT2D eigenvalue weighted by atomic mass is 35.5.